The Morgan fingerprint density at radius 2 is 1.76 bits per heavy atom. The van der Waals surface area contributed by atoms with Crippen molar-refractivity contribution in [2.75, 3.05) is 0 Å². The SMILES string of the molecule is Cc1ccccc1COc1c(Br)cc(/C=C2\N=C(c3ccc([N+](=O)[O-])cc3)OC2=O)cc1Br. The zero-order chi connectivity index (χ0) is 23.5. The number of esters is 1. The number of nitro groups is 1. The number of rotatable bonds is 6. The molecule has 0 radical (unpaired) electrons. The second-order valence-electron chi connectivity index (χ2n) is 7.17. The van der Waals surface area contributed by atoms with Gasteiger partial charge < -0.3 is 9.47 Å². The third-order valence-corrected chi connectivity index (χ3v) is 6.08. The lowest BCUT2D eigenvalue weighted by Crippen LogP contribution is -2.05. The van der Waals surface area contributed by atoms with E-state index in [0.717, 1.165) is 11.1 Å². The van der Waals surface area contributed by atoms with Crippen molar-refractivity contribution in [3.8, 4) is 5.75 Å². The lowest BCUT2D eigenvalue weighted by molar-refractivity contribution is -0.384. The van der Waals surface area contributed by atoms with Gasteiger partial charge >= 0.3 is 5.97 Å². The molecule has 1 aliphatic heterocycles. The maximum atomic E-state index is 12.3. The quantitative estimate of drug-likeness (QED) is 0.149. The first-order chi connectivity index (χ1) is 15.8. The Morgan fingerprint density at radius 1 is 1.09 bits per heavy atom. The number of cyclic esters (lactones) is 1. The summed E-state index contributed by atoms with van der Waals surface area (Å²) in [5.41, 5.74) is 3.48. The molecule has 4 rings (SSSR count). The number of aryl methyl sites for hydroxylation is 1. The van der Waals surface area contributed by atoms with Crippen LogP contribution in [0.25, 0.3) is 6.08 Å². The normalized spacial score (nSPS) is 14.2. The fraction of sp³-hybridized carbons (Fsp3) is 0.0833. The molecule has 0 aromatic heterocycles. The number of non-ortho nitro benzene ring substituents is 1. The predicted molar refractivity (Wildman–Crippen MR) is 131 cm³/mol. The maximum absolute atomic E-state index is 12.3. The van der Waals surface area contributed by atoms with E-state index in [0.29, 0.717) is 32.4 Å². The van der Waals surface area contributed by atoms with Crippen molar-refractivity contribution in [1.82, 2.24) is 0 Å². The Hall–Kier alpha value is -3.30. The first kappa shape index (κ1) is 22.9. The molecule has 33 heavy (non-hydrogen) atoms. The van der Waals surface area contributed by atoms with Gasteiger partial charge in [-0.05, 0) is 85.8 Å². The highest BCUT2D eigenvalue weighted by Gasteiger charge is 2.25. The van der Waals surface area contributed by atoms with Gasteiger partial charge in [0.1, 0.15) is 12.4 Å². The first-order valence-corrected chi connectivity index (χ1v) is 11.3. The van der Waals surface area contributed by atoms with E-state index in [1.54, 1.807) is 6.08 Å². The number of carbonyl (C=O) groups is 1. The average Bonchev–Trinajstić information content (AvgIpc) is 3.14. The number of carbonyl (C=O) groups excluding carboxylic acids is 1. The Balaban J connectivity index is 1.55. The molecule has 7 nitrogen and oxygen atoms in total. The minimum absolute atomic E-state index is 0.0566. The number of nitro benzene ring substituents is 1. The molecule has 166 valence electrons. The third kappa shape index (κ3) is 5.20. The van der Waals surface area contributed by atoms with E-state index in [1.165, 1.54) is 24.3 Å². The van der Waals surface area contributed by atoms with E-state index >= 15 is 0 Å². The van der Waals surface area contributed by atoms with Gasteiger partial charge in [0.25, 0.3) is 5.69 Å². The summed E-state index contributed by atoms with van der Waals surface area (Å²) in [6, 6.07) is 17.3. The summed E-state index contributed by atoms with van der Waals surface area (Å²) in [5, 5.41) is 10.8. The maximum Gasteiger partial charge on any atom is 0.363 e. The van der Waals surface area contributed by atoms with Crippen molar-refractivity contribution in [3.05, 3.63) is 108 Å². The monoisotopic (exact) mass is 570 g/mol. The molecule has 3 aromatic rings. The molecule has 1 aliphatic rings. The van der Waals surface area contributed by atoms with E-state index in [4.69, 9.17) is 9.47 Å². The molecule has 1 heterocycles. The minimum atomic E-state index is -0.601. The second kappa shape index (κ2) is 9.68. The third-order valence-electron chi connectivity index (χ3n) is 4.90. The molecule has 0 bridgehead atoms. The van der Waals surface area contributed by atoms with Crippen LogP contribution in [0.3, 0.4) is 0 Å². The molecule has 0 unspecified atom stereocenters. The van der Waals surface area contributed by atoms with Gasteiger partial charge in [0.2, 0.25) is 5.90 Å². The smallest absolute Gasteiger partial charge is 0.363 e. The van der Waals surface area contributed by atoms with E-state index in [2.05, 4.69) is 36.9 Å². The summed E-state index contributed by atoms with van der Waals surface area (Å²) >= 11 is 7.06. The molecule has 0 spiro atoms. The van der Waals surface area contributed by atoms with Crippen LogP contribution in [-0.4, -0.2) is 16.8 Å². The summed E-state index contributed by atoms with van der Waals surface area (Å²) in [5.74, 6) is 0.136. The fourth-order valence-electron chi connectivity index (χ4n) is 3.14. The standard InChI is InChI=1S/C24H16Br2N2O5/c1-14-4-2-3-5-17(14)13-32-22-19(25)10-15(11-20(22)26)12-21-24(29)33-23(27-21)16-6-8-18(9-7-16)28(30)31/h2-12H,13H2,1H3/b21-12-. The largest absolute Gasteiger partial charge is 0.487 e. The van der Waals surface area contributed by atoms with Crippen molar-refractivity contribution in [1.29, 1.82) is 0 Å². The average molecular weight is 572 g/mol. The molecule has 0 saturated carbocycles. The number of ether oxygens (including phenoxy) is 2. The molecule has 0 aliphatic carbocycles. The molecule has 0 atom stereocenters. The highest BCUT2D eigenvalue weighted by molar-refractivity contribution is 9.11. The number of nitrogens with zero attached hydrogens (tertiary/aromatic N) is 2. The van der Waals surface area contributed by atoms with Crippen molar-refractivity contribution < 1.29 is 19.2 Å². The molecule has 0 amide bonds. The number of benzene rings is 3. The molecule has 0 N–H and O–H groups in total. The van der Waals surface area contributed by atoms with Gasteiger partial charge in [0, 0.05) is 17.7 Å². The Labute approximate surface area is 206 Å². The van der Waals surface area contributed by atoms with Crippen LogP contribution < -0.4 is 4.74 Å². The Bertz CT molecular complexity index is 1290. The van der Waals surface area contributed by atoms with E-state index in [-0.39, 0.29) is 17.3 Å². The zero-order valence-corrected chi connectivity index (χ0v) is 20.4. The minimum Gasteiger partial charge on any atom is -0.487 e. The summed E-state index contributed by atoms with van der Waals surface area (Å²) in [6.45, 7) is 2.45. The van der Waals surface area contributed by atoms with Crippen LogP contribution in [0.5, 0.6) is 5.75 Å². The topological polar surface area (TPSA) is 91.0 Å². The predicted octanol–water partition coefficient (Wildman–Crippen LogP) is 6.35. The second-order valence-corrected chi connectivity index (χ2v) is 8.88. The van der Waals surface area contributed by atoms with Crippen molar-refractivity contribution in [2.45, 2.75) is 13.5 Å². The van der Waals surface area contributed by atoms with Crippen LogP contribution in [0.2, 0.25) is 0 Å². The van der Waals surface area contributed by atoms with E-state index in [1.807, 2.05) is 43.3 Å². The van der Waals surface area contributed by atoms with Gasteiger partial charge in [-0.15, -0.1) is 0 Å². The van der Waals surface area contributed by atoms with E-state index < -0.39 is 10.9 Å². The van der Waals surface area contributed by atoms with Gasteiger partial charge in [-0.3, -0.25) is 10.1 Å². The highest BCUT2D eigenvalue weighted by Crippen LogP contribution is 2.36. The van der Waals surface area contributed by atoms with Gasteiger partial charge in [-0.2, -0.15) is 0 Å². The van der Waals surface area contributed by atoms with Crippen LogP contribution in [0.1, 0.15) is 22.3 Å². The molecule has 9 heteroatoms. The Morgan fingerprint density at radius 3 is 2.39 bits per heavy atom. The molecule has 3 aromatic carbocycles. The Kier molecular flexibility index (Phi) is 6.71. The molecule has 0 fully saturated rings. The number of hydrogen-bond donors (Lipinski definition) is 0. The van der Waals surface area contributed by atoms with Crippen molar-refractivity contribution in [3.63, 3.8) is 0 Å². The lowest BCUT2D eigenvalue weighted by atomic mass is 10.1. The van der Waals surface area contributed by atoms with Gasteiger partial charge in [-0.25, -0.2) is 9.79 Å². The van der Waals surface area contributed by atoms with Crippen LogP contribution in [-0.2, 0) is 16.1 Å². The van der Waals surface area contributed by atoms with Gasteiger partial charge in [0.05, 0.1) is 13.9 Å². The lowest BCUT2D eigenvalue weighted by Gasteiger charge is -2.12. The summed E-state index contributed by atoms with van der Waals surface area (Å²) in [6.07, 6.45) is 1.60. The highest BCUT2D eigenvalue weighted by atomic mass is 79.9. The summed E-state index contributed by atoms with van der Waals surface area (Å²) in [4.78, 5) is 26.9. The molecular formula is C24H16Br2N2O5. The van der Waals surface area contributed by atoms with Crippen LogP contribution in [0.4, 0.5) is 5.69 Å². The zero-order valence-electron chi connectivity index (χ0n) is 17.2. The first-order valence-electron chi connectivity index (χ1n) is 9.75. The van der Waals surface area contributed by atoms with Crippen LogP contribution in [0.15, 0.2) is 80.3 Å². The molecular weight excluding hydrogens is 556 g/mol. The number of aliphatic imine (C=N–C) groups is 1. The van der Waals surface area contributed by atoms with Gasteiger partial charge in [-0.1, -0.05) is 24.3 Å². The van der Waals surface area contributed by atoms with Crippen molar-refractivity contribution in [2.24, 2.45) is 4.99 Å². The van der Waals surface area contributed by atoms with Crippen LogP contribution in [0, 0.1) is 17.0 Å². The van der Waals surface area contributed by atoms with Crippen molar-refractivity contribution >= 4 is 55.5 Å². The van der Waals surface area contributed by atoms with Crippen LogP contribution >= 0.6 is 31.9 Å². The summed E-state index contributed by atoms with van der Waals surface area (Å²) < 4.78 is 12.7. The number of hydrogen-bond acceptors (Lipinski definition) is 6. The van der Waals surface area contributed by atoms with E-state index in [9.17, 15) is 14.9 Å². The number of halogens is 2. The fourth-order valence-corrected chi connectivity index (χ4v) is 4.59. The molecule has 0 saturated heterocycles. The summed E-state index contributed by atoms with van der Waals surface area (Å²) in [7, 11) is 0. The van der Waals surface area contributed by atoms with Gasteiger partial charge in [0.15, 0.2) is 5.70 Å².